The molecule has 1 rings (SSSR count). The molecule has 0 saturated carbocycles. The molecule has 0 aliphatic rings. The molecule has 1 aromatic rings. The molecule has 0 radical (unpaired) electrons. The zero-order valence-electron chi connectivity index (χ0n) is 5.68. The number of thiol groups is 1. The molecule has 1 atom stereocenters. The fourth-order valence-electron chi connectivity index (χ4n) is 0.751. The van der Waals surface area contributed by atoms with Gasteiger partial charge in [0.2, 0.25) is 0 Å². The maximum Gasteiger partial charge on any atom is 0.173 e. The maximum atomic E-state index is 8.41. The second kappa shape index (κ2) is 4.66. The highest BCUT2D eigenvalue weighted by atomic mass is 33.1. The Kier molecular flexibility index (Phi) is 3.79. The van der Waals surface area contributed by atoms with E-state index in [-0.39, 0.29) is 0 Å². The van der Waals surface area contributed by atoms with E-state index in [1.54, 1.807) is 0 Å². The van der Waals surface area contributed by atoms with Crippen LogP contribution in [0.25, 0.3) is 0 Å². The summed E-state index contributed by atoms with van der Waals surface area (Å²) in [4.78, 5) is 4.17. The third-order valence-electron chi connectivity index (χ3n) is 1.26. The van der Waals surface area contributed by atoms with E-state index in [1.807, 2.05) is 30.3 Å². The fourth-order valence-corrected chi connectivity index (χ4v) is 1.55. The molecule has 0 heterocycles. The Balaban J connectivity index is 2.74. The normalized spacial score (nSPS) is 12.9. The quantitative estimate of drug-likeness (QED) is 0.251. The Morgan fingerprint density at radius 2 is 2.00 bits per heavy atom. The van der Waals surface area contributed by atoms with Crippen molar-refractivity contribution in [1.82, 2.24) is 0 Å². The summed E-state index contributed by atoms with van der Waals surface area (Å²) in [5.74, 6) is 0. The van der Waals surface area contributed by atoms with Gasteiger partial charge in [0.1, 0.15) is 0 Å². The third kappa shape index (κ3) is 2.41. The second-order valence-electron chi connectivity index (χ2n) is 1.95. The van der Waals surface area contributed by atoms with Crippen LogP contribution in [0.1, 0.15) is 11.0 Å². The van der Waals surface area contributed by atoms with Crippen molar-refractivity contribution < 1.29 is 10.1 Å². The van der Waals surface area contributed by atoms with E-state index in [2.05, 4.69) is 16.5 Å². The standard InChI is InChI=1S/C7H8O2S2/c8-9-7(11-10)6-4-2-1-3-5-6/h1-5,7-8,10H. The summed E-state index contributed by atoms with van der Waals surface area (Å²) in [6, 6.07) is 9.39. The minimum absolute atomic E-state index is 0.403. The van der Waals surface area contributed by atoms with Gasteiger partial charge in [-0.15, -0.1) is 11.7 Å². The summed E-state index contributed by atoms with van der Waals surface area (Å²) in [6.07, 6.45) is 0. The molecule has 0 fully saturated rings. The first-order chi connectivity index (χ1) is 5.38. The van der Waals surface area contributed by atoms with E-state index in [4.69, 9.17) is 5.26 Å². The largest absolute Gasteiger partial charge is 0.250 e. The van der Waals surface area contributed by atoms with E-state index >= 15 is 0 Å². The van der Waals surface area contributed by atoms with E-state index < -0.39 is 5.44 Å². The van der Waals surface area contributed by atoms with Crippen LogP contribution in [0.2, 0.25) is 0 Å². The Bertz CT molecular complexity index is 199. The van der Waals surface area contributed by atoms with Gasteiger partial charge in [-0.25, -0.2) is 4.89 Å². The number of hydrogen-bond donors (Lipinski definition) is 2. The van der Waals surface area contributed by atoms with Crippen LogP contribution in [-0.2, 0) is 4.89 Å². The SMILES string of the molecule is OOC(SS)c1ccccc1. The first-order valence-electron chi connectivity index (χ1n) is 3.04. The average molecular weight is 188 g/mol. The van der Waals surface area contributed by atoms with Crippen molar-refractivity contribution in [3.63, 3.8) is 0 Å². The van der Waals surface area contributed by atoms with Crippen LogP contribution in [0.15, 0.2) is 30.3 Å². The first-order valence-corrected chi connectivity index (χ1v) is 4.97. The highest BCUT2D eigenvalue weighted by Gasteiger charge is 2.08. The molecule has 11 heavy (non-hydrogen) atoms. The van der Waals surface area contributed by atoms with Gasteiger partial charge in [0.25, 0.3) is 0 Å². The molecule has 0 spiro atoms. The zero-order valence-corrected chi connectivity index (χ0v) is 7.39. The molecule has 2 nitrogen and oxygen atoms in total. The highest BCUT2D eigenvalue weighted by molar-refractivity contribution is 8.68. The molecule has 0 aliphatic carbocycles. The topological polar surface area (TPSA) is 29.5 Å². The Hall–Kier alpha value is -0.160. The number of hydrogen-bond acceptors (Lipinski definition) is 4. The van der Waals surface area contributed by atoms with Crippen LogP contribution < -0.4 is 0 Å². The van der Waals surface area contributed by atoms with Crippen molar-refractivity contribution in [2.75, 3.05) is 0 Å². The van der Waals surface area contributed by atoms with Gasteiger partial charge in [-0.2, -0.15) is 0 Å². The summed E-state index contributed by atoms with van der Waals surface area (Å²) < 4.78 is 0. The van der Waals surface area contributed by atoms with Gasteiger partial charge in [0, 0.05) is 0 Å². The van der Waals surface area contributed by atoms with E-state index in [1.165, 1.54) is 0 Å². The molecule has 1 N–H and O–H groups in total. The van der Waals surface area contributed by atoms with Crippen molar-refractivity contribution in [3.8, 4) is 0 Å². The molecular weight excluding hydrogens is 180 g/mol. The number of rotatable bonds is 3. The maximum absolute atomic E-state index is 8.41. The molecule has 1 aromatic carbocycles. The third-order valence-corrected chi connectivity index (χ3v) is 2.39. The second-order valence-corrected chi connectivity index (χ2v) is 3.22. The Morgan fingerprint density at radius 3 is 2.45 bits per heavy atom. The lowest BCUT2D eigenvalue weighted by Gasteiger charge is -2.08. The summed E-state index contributed by atoms with van der Waals surface area (Å²) in [5.41, 5.74) is 0.495. The minimum Gasteiger partial charge on any atom is -0.250 e. The zero-order chi connectivity index (χ0) is 8.10. The van der Waals surface area contributed by atoms with Crippen LogP contribution in [-0.4, -0.2) is 5.26 Å². The lowest BCUT2D eigenvalue weighted by atomic mass is 10.2. The summed E-state index contributed by atoms with van der Waals surface area (Å²) in [5, 5.41) is 8.41. The molecule has 4 heteroatoms. The van der Waals surface area contributed by atoms with Crippen LogP contribution in [0.4, 0.5) is 0 Å². The van der Waals surface area contributed by atoms with Gasteiger partial charge in [0.15, 0.2) is 5.44 Å². The van der Waals surface area contributed by atoms with E-state index in [9.17, 15) is 0 Å². The van der Waals surface area contributed by atoms with E-state index in [0.717, 1.165) is 16.4 Å². The predicted molar refractivity (Wildman–Crippen MR) is 49.5 cm³/mol. The van der Waals surface area contributed by atoms with Gasteiger partial charge in [-0.3, -0.25) is 5.26 Å². The Morgan fingerprint density at radius 1 is 1.36 bits per heavy atom. The van der Waals surface area contributed by atoms with Crippen molar-refractivity contribution in [3.05, 3.63) is 35.9 Å². The minimum atomic E-state index is -0.403. The molecule has 1 unspecified atom stereocenters. The molecule has 0 saturated heterocycles. The van der Waals surface area contributed by atoms with Crippen LogP contribution >= 0.6 is 22.5 Å². The average Bonchev–Trinajstić information content (AvgIpc) is 2.09. The smallest absolute Gasteiger partial charge is 0.173 e. The predicted octanol–water partition coefficient (Wildman–Crippen LogP) is 2.75. The first kappa shape index (κ1) is 8.93. The monoisotopic (exact) mass is 188 g/mol. The fraction of sp³-hybridized carbons (Fsp3) is 0.143. The molecule has 0 amide bonds. The molecular formula is C7H8O2S2. The molecule has 0 bridgehead atoms. The Labute approximate surface area is 74.3 Å². The number of benzene rings is 1. The summed E-state index contributed by atoms with van der Waals surface area (Å²) >= 11 is 3.94. The lowest BCUT2D eigenvalue weighted by Crippen LogP contribution is -1.93. The lowest BCUT2D eigenvalue weighted by molar-refractivity contribution is -0.255. The van der Waals surface area contributed by atoms with Crippen molar-refractivity contribution >= 4 is 22.5 Å². The molecule has 60 valence electrons. The van der Waals surface area contributed by atoms with Gasteiger partial charge >= 0.3 is 0 Å². The van der Waals surface area contributed by atoms with Crippen molar-refractivity contribution in [2.45, 2.75) is 5.44 Å². The summed E-state index contributed by atoms with van der Waals surface area (Å²) in [7, 11) is 1.15. The van der Waals surface area contributed by atoms with Gasteiger partial charge in [0.05, 0.1) is 0 Å². The van der Waals surface area contributed by atoms with Gasteiger partial charge < -0.3 is 0 Å². The van der Waals surface area contributed by atoms with Crippen LogP contribution in [0.3, 0.4) is 0 Å². The van der Waals surface area contributed by atoms with Gasteiger partial charge in [-0.1, -0.05) is 41.1 Å². The van der Waals surface area contributed by atoms with Gasteiger partial charge in [-0.05, 0) is 5.56 Å². The van der Waals surface area contributed by atoms with Crippen LogP contribution in [0, 0.1) is 0 Å². The van der Waals surface area contributed by atoms with Crippen LogP contribution in [0.5, 0.6) is 0 Å². The van der Waals surface area contributed by atoms with E-state index in [0.29, 0.717) is 0 Å². The summed E-state index contributed by atoms with van der Waals surface area (Å²) in [6.45, 7) is 0. The van der Waals surface area contributed by atoms with Crippen molar-refractivity contribution in [1.29, 1.82) is 0 Å². The highest BCUT2D eigenvalue weighted by Crippen LogP contribution is 2.31. The van der Waals surface area contributed by atoms with Crippen molar-refractivity contribution in [2.24, 2.45) is 0 Å². The molecule has 0 aliphatic heterocycles. The molecule has 0 aromatic heterocycles.